The zero-order chi connectivity index (χ0) is 36.4. The van der Waals surface area contributed by atoms with E-state index in [2.05, 4.69) is 17.2 Å². The van der Waals surface area contributed by atoms with Gasteiger partial charge in [0.2, 0.25) is 0 Å². The third-order valence-corrected chi connectivity index (χ3v) is 9.28. The fourth-order valence-corrected chi connectivity index (χ4v) is 6.52. The average molecular weight is 731 g/mol. The molecule has 2 heterocycles. The van der Waals surface area contributed by atoms with E-state index in [0.717, 1.165) is 42.7 Å². The van der Waals surface area contributed by atoms with Crippen LogP contribution >= 0.6 is 8.25 Å². The van der Waals surface area contributed by atoms with Crippen molar-refractivity contribution in [3.05, 3.63) is 33.1 Å². The predicted molar refractivity (Wildman–Crippen MR) is 189 cm³/mol. The van der Waals surface area contributed by atoms with Crippen LogP contribution in [0, 0.1) is 0 Å². The van der Waals surface area contributed by atoms with Gasteiger partial charge in [-0.1, -0.05) is 110 Å². The third kappa shape index (κ3) is 18.7. The Hall–Kier alpha value is -2.48. The molecule has 1 fully saturated rings. The number of ether oxygens (including phenoxy) is 3. The van der Waals surface area contributed by atoms with Crippen LogP contribution in [0.25, 0.3) is 0 Å². The number of aliphatic hydroxyl groups is 1. The van der Waals surface area contributed by atoms with Crippen LogP contribution < -0.4 is 16.6 Å². The number of esters is 1. The number of carbonyl (C=O) groups excluding carboxylic acids is 2. The summed E-state index contributed by atoms with van der Waals surface area (Å²) in [6, 6.07) is 1.13. The van der Waals surface area contributed by atoms with Gasteiger partial charge in [-0.15, -0.1) is 9.42 Å². The highest BCUT2D eigenvalue weighted by molar-refractivity contribution is 7.32. The maximum Gasteiger partial charge on any atom is 0.695 e. The number of nitrogens with zero attached hydrogens (tertiary/aromatic N) is 1. The maximum absolute atomic E-state index is 12.3. The molecular weight excluding hydrogens is 669 g/mol. The lowest BCUT2D eigenvalue weighted by Gasteiger charge is -2.22. The second-order valence-corrected chi connectivity index (χ2v) is 13.7. The van der Waals surface area contributed by atoms with Crippen LogP contribution in [0.15, 0.2) is 21.9 Å². The summed E-state index contributed by atoms with van der Waals surface area (Å²) in [5.74, 6) is -0.686. The van der Waals surface area contributed by atoms with Gasteiger partial charge in [0.05, 0.1) is 6.61 Å². The molecule has 50 heavy (non-hydrogen) atoms. The van der Waals surface area contributed by atoms with E-state index in [9.17, 15) is 33.7 Å². The van der Waals surface area contributed by atoms with E-state index in [-0.39, 0.29) is 25.1 Å². The van der Waals surface area contributed by atoms with E-state index in [1.807, 2.05) is 0 Å². The zero-order valence-electron chi connectivity index (χ0n) is 29.9. The second kappa shape index (κ2) is 27.2. The van der Waals surface area contributed by atoms with Crippen molar-refractivity contribution in [2.75, 3.05) is 26.4 Å². The highest BCUT2D eigenvalue weighted by Gasteiger charge is 2.51. The van der Waals surface area contributed by atoms with Gasteiger partial charge in [0.25, 0.3) is 11.5 Å². The Kier molecular flexibility index (Phi) is 23.8. The normalized spacial score (nSPS) is 19.1. The van der Waals surface area contributed by atoms with Crippen molar-refractivity contribution in [3.8, 4) is 0 Å². The Bertz CT molecular complexity index is 1210. The van der Waals surface area contributed by atoms with Crippen LogP contribution in [0.2, 0.25) is 0 Å². The minimum atomic E-state index is -3.05. The lowest BCUT2D eigenvalue weighted by Crippen LogP contribution is -2.40. The van der Waals surface area contributed by atoms with Crippen LogP contribution in [0.5, 0.6) is 0 Å². The Morgan fingerprint density at radius 1 is 0.880 bits per heavy atom. The SMILES string of the molecule is CCCCCCCCCCCCCCCCCC(=O)OCC(=O)NCCCCCCOC1C(O[P+](=O)O)[C@@H](CO)O[C@H]1n1ccc(=O)[nH]c1=O. The number of aromatic amines is 1. The van der Waals surface area contributed by atoms with Crippen LogP contribution in [0.3, 0.4) is 0 Å². The largest absolute Gasteiger partial charge is 0.695 e. The van der Waals surface area contributed by atoms with Crippen molar-refractivity contribution < 1.29 is 42.9 Å². The minimum absolute atomic E-state index is 0.199. The summed E-state index contributed by atoms with van der Waals surface area (Å²) in [5.41, 5.74) is -1.37. The fourth-order valence-electron chi connectivity index (χ4n) is 6.05. The van der Waals surface area contributed by atoms with Crippen LogP contribution in [-0.4, -0.2) is 76.1 Å². The molecule has 1 amide bonds. The number of amides is 1. The first-order chi connectivity index (χ1) is 24.3. The van der Waals surface area contributed by atoms with Crippen LogP contribution in [-0.2, 0) is 32.9 Å². The summed E-state index contributed by atoms with van der Waals surface area (Å²) >= 11 is 0. The summed E-state index contributed by atoms with van der Waals surface area (Å²) in [6.45, 7) is 2.05. The van der Waals surface area contributed by atoms with Crippen LogP contribution in [0.1, 0.15) is 142 Å². The van der Waals surface area contributed by atoms with Gasteiger partial charge >= 0.3 is 19.9 Å². The Morgan fingerprint density at radius 3 is 2.04 bits per heavy atom. The Morgan fingerprint density at radius 2 is 1.46 bits per heavy atom. The van der Waals surface area contributed by atoms with E-state index in [4.69, 9.17) is 18.7 Å². The molecule has 15 heteroatoms. The number of aromatic nitrogens is 2. The molecule has 0 bridgehead atoms. The van der Waals surface area contributed by atoms with E-state index in [1.165, 1.54) is 83.2 Å². The lowest BCUT2D eigenvalue weighted by molar-refractivity contribution is -0.148. The monoisotopic (exact) mass is 730 g/mol. The van der Waals surface area contributed by atoms with Crippen molar-refractivity contribution in [2.24, 2.45) is 0 Å². The van der Waals surface area contributed by atoms with Gasteiger partial charge < -0.3 is 24.6 Å². The number of rotatable bonds is 30. The summed E-state index contributed by atoms with van der Waals surface area (Å²) < 4.78 is 34.3. The first-order valence-electron chi connectivity index (χ1n) is 18.7. The van der Waals surface area contributed by atoms with Crippen LogP contribution in [0.4, 0.5) is 0 Å². The number of nitrogens with one attached hydrogen (secondary N) is 2. The summed E-state index contributed by atoms with van der Waals surface area (Å²) in [4.78, 5) is 59.3. The van der Waals surface area contributed by atoms with Gasteiger partial charge in [-0.3, -0.25) is 23.9 Å². The van der Waals surface area contributed by atoms with E-state index >= 15 is 0 Å². The first-order valence-corrected chi connectivity index (χ1v) is 19.8. The number of hydrogen-bond acceptors (Lipinski definition) is 10. The molecule has 3 unspecified atom stereocenters. The minimum Gasteiger partial charge on any atom is -0.456 e. The Balaban J connectivity index is 1.48. The topological polar surface area (TPSA) is 195 Å². The molecule has 286 valence electrons. The standard InChI is InChI=1S/C35H60N3O11P/c1-2-3-4-5-6-7-8-9-10-11-12-13-14-15-18-21-31(42)47-27-30(41)36-23-19-16-17-20-25-46-33-32(49-50(44)45)28(26-39)48-34(33)38-24-22-29(40)37-35(38)43/h22,24,28,32-34,39H,2-21,23,25-27H2,1H3,(H2-,36,37,40,41,43,44,45)/p+1/t28-,32?,33?,34-/m1/s1. The van der Waals surface area contributed by atoms with Crippen molar-refractivity contribution in [3.63, 3.8) is 0 Å². The molecule has 14 nitrogen and oxygen atoms in total. The summed E-state index contributed by atoms with van der Waals surface area (Å²) in [5, 5.41) is 12.5. The molecular formula is C35H61N3O11P+. The second-order valence-electron chi connectivity index (χ2n) is 13.0. The zero-order valence-corrected chi connectivity index (χ0v) is 30.8. The maximum atomic E-state index is 12.3. The predicted octanol–water partition coefficient (Wildman–Crippen LogP) is 5.33. The molecule has 1 aliphatic rings. The fraction of sp³-hybridized carbons (Fsp3) is 0.829. The van der Waals surface area contributed by atoms with Gasteiger partial charge in [-0.2, -0.15) is 0 Å². The van der Waals surface area contributed by atoms with Gasteiger partial charge in [0.1, 0.15) is 12.2 Å². The molecule has 1 aliphatic heterocycles. The molecule has 1 saturated heterocycles. The van der Waals surface area contributed by atoms with E-state index in [1.54, 1.807) is 0 Å². The molecule has 0 aliphatic carbocycles. The molecule has 2 rings (SSSR count). The van der Waals surface area contributed by atoms with Crippen molar-refractivity contribution in [1.29, 1.82) is 0 Å². The Labute approximate surface area is 297 Å². The van der Waals surface area contributed by atoms with Gasteiger partial charge in [-0.05, 0) is 19.3 Å². The smallest absolute Gasteiger partial charge is 0.456 e. The number of H-pyrrole nitrogens is 1. The summed E-state index contributed by atoms with van der Waals surface area (Å²) in [7, 11) is -3.05. The summed E-state index contributed by atoms with van der Waals surface area (Å²) in [6.07, 6.45) is 18.9. The van der Waals surface area contributed by atoms with Crippen molar-refractivity contribution >= 4 is 20.1 Å². The third-order valence-electron chi connectivity index (χ3n) is 8.85. The molecule has 0 saturated carbocycles. The lowest BCUT2D eigenvalue weighted by atomic mass is 10.0. The molecule has 5 atom stereocenters. The number of aliphatic hydroxyl groups excluding tert-OH is 1. The number of carbonyl (C=O) groups is 2. The molecule has 0 radical (unpaired) electrons. The van der Waals surface area contributed by atoms with E-state index < -0.39 is 50.7 Å². The number of hydrogen-bond donors (Lipinski definition) is 4. The van der Waals surface area contributed by atoms with Crippen molar-refractivity contribution in [1.82, 2.24) is 14.9 Å². The molecule has 1 aromatic rings. The number of unbranched alkanes of at least 4 members (excludes halogenated alkanes) is 17. The first kappa shape index (κ1) is 43.7. The molecule has 0 spiro atoms. The van der Waals surface area contributed by atoms with Gasteiger partial charge in [0, 0.05) is 36.4 Å². The van der Waals surface area contributed by atoms with Gasteiger partial charge in [-0.25, -0.2) is 4.79 Å². The van der Waals surface area contributed by atoms with Crippen molar-refractivity contribution in [2.45, 2.75) is 160 Å². The molecule has 1 aromatic heterocycles. The molecule has 0 aromatic carbocycles. The highest BCUT2D eigenvalue weighted by atomic mass is 31.1. The quantitative estimate of drug-likeness (QED) is 0.0454. The molecule has 4 N–H and O–H groups in total. The average Bonchev–Trinajstić information content (AvgIpc) is 3.42. The highest BCUT2D eigenvalue weighted by Crippen LogP contribution is 2.37. The van der Waals surface area contributed by atoms with Gasteiger partial charge in [0.15, 0.2) is 18.9 Å². The van der Waals surface area contributed by atoms with E-state index in [0.29, 0.717) is 25.8 Å².